The predicted molar refractivity (Wildman–Crippen MR) is 145 cm³/mol. The maximum atomic E-state index is 13.7. The van der Waals surface area contributed by atoms with Crippen LogP contribution in [0.25, 0.3) is 0 Å². The van der Waals surface area contributed by atoms with Crippen LogP contribution in [0.5, 0.6) is 5.75 Å². The molecule has 2 amide bonds. The summed E-state index contributed by atoms with van der Waals surface area (Å²) in [6.07, 6.45) is -0.0601. The summed E-state index contributed by atoms with van der Waals surface area (Å²) in [7, 11) is 0. The summed E-state index contributed by atoms with van der Waals surface area (Å²) in [6.45, 7) is 10.4. The summed E-state index contributed by atoms with van der Waals surface area (Å²) >= 11 is 0. The summed E-state index contributed by atoms with van der Waals surface area (Å²) in [5, 5.41) is 4.21. The molecule has 3 atom stereocenters. The Bertz CT molecular complexity index is 1210. The van der Waals surface area contributed by atoms with Gasteiger partial charge in [0.05, 0.1) is 12.6 Å². The first-order valence-electron chi connectivity index (χ1n) is 13.4. The third kappa shape index (κ3) is 6.65. The maximum absolute atomic E-state index is 13.7. The molecule has 2 aliphatic heterocycles. The smallest absolute Gasteiger partial charge is 0.394 e. The van der Waals surface area contributed by atoms with Crippen LogP contribution in [0.1, 0.15) is 63.4 Å². The SMILES string of the molecule is CC(C)CC(NC(=O)c1ccc(C(C)(C)C)cc1)C(=O)N1CCC2C1C(=O)CN2OC(=O)Oc1ccccc1. The van der Waals surface area contributed by atoms with Gasteiger partial charge in [-0.2, -0.15) is 0 Å². The molecule has 0 saturated carbocycles. The van der Waals surface area contributed by atoms with Crippen LogP contribution in [0.3, 0.4) is 0 Å². The van der Waals surface area contributed by atoms with E-state index in [-0.39, 0.29) is 35.5 Å². The molecular formula is C30H37N3O6. The van der Waals surface area contributed by atoms with E-state index in [2.05, 4.69) is 26.1 Å². The number of hydrogen-bond donors (Lipinski definition) is 1. The molecule has 0 spiro atoms. The fraction of sp³-hybridized carbons (Fsp3) is 0.467. The maximum Gasteiger partial charge on any atom is 0.533 e. The van der Waals surface area contributed by atoms with E-state index in [1.807, 2.05) is 26.0 Å². The lowest BCUT2D eigenvalue weighted by Crippen LogP contribution is -2.52. The predicted octanol–water partition coefficient (Wildman–Crippen LogP) is 4.11. The quantitative estimate of drug-likeness (QED) is 0.420. The third-order valence-corrected chi connectivity index (χ3v) is 7.12. The fourth-order valence-corrected chi connectivity index (χ4v) is 5.13. The molecule has 0 aliphatic carbocycles. The van der Waals surface area contributed by atoms with Crippen molar-refractivity contribution in [3.05, 3.63) is 65.7 Å². The zero-order valence-corrected chi connectivity index (χ0v) is 23.2. The Labute approximate surface area is 229 Å². The van der Waals surface area contributed by atoms with Gasteiger partial charge in [-0.15, -0.1) is 5.06 Å². The summed E-state index contributed by atoms with van der Waals surface area (Å²) in [5.41, 5.74) is 1.54. The molecule has 2 fully saturated rings. The van der Waals surface area contributed by atoms with E-state index in [4.69, 9.17) is 9.57 Å². The van der Waals surface area contributed by atoms with Crippen molar-refractivity contribution in [3.63, 3.8) is 0 Å². The molecule has 4 rings (SSSR count). The van der Waals surface area contributed by atoms with E-state index in [0.29, 0.717) is 30.7 Å². The Hall–Kier alpha value is -3.72. The molecule has 208 valence electrons. The van der Waals surface area contributed by atoms with E-state index < -0.39 is 24.3 Å². The molecule has 0 bridgehead atoms. The molecule has 2 aromatic rings. The van der Waals surface area contributed by atoms with Gasteiger partial charge in [0, 0.05) is 12.1 Å². The normalized spacial score (nSPS) is 20.1. The molecule has 2 saturated heterocycles. The zero-order valence-electron chi connectivity index (χ0n) is 23.2. The minimum Gasteiger partial charge on any atom is -0.394 e. The number of carbonyl (C=O) groups is 4. The summed E-state index contributed by atoms with van der Waals surface area (Å²) < 4.78 is 5.19. The van der Waals surface area contributed by atoms with Gasteiger partial charge >= 0.3 is 6.16 Å². The molecule has 2 aliphatic rings. The number of amides is 2. The van der Waals surface area contributed by atoms with Gasteiger partial charge in [-0.05, 0) is 54.0 Å². The molecule has 9 nitrogen and oxygen atoms in total. The van der Waals surface area contributed by atoms with Crippen molar-refractivity contribution in [2.45, 2.75) is 71.0 Å². The second kappa shape index (κ2) is 11.6. The number of Topliss-reactive ketones (excluding diaryl/α,β-unsaturated/α-hetero) is 1. The summed E-state index contributed by atoms with van der Waals surface area (Å²) in [6, 6.07) is 13.9. The molecule has 3 unspecified atom stereocenters. The number of carbonyl (C=O) groups excluding carboxylic acids is 4. The Morgan fingerprint density at radius 2 is 1.69 bits per heavy atom. The van der Waals surface area contributed by atoms with Gasteiger partial charge in [0.15, 0.2) is 5.78 Å². The van der Waals surface area contributed by atoms with Crippen molar-refractivity contribution in [1.82, 2.24) is 15.3 Å². The van der Waals surface area contributed by atoms with E-state index in [0.717, 1.165) is 5.56 Å². The highest BCUT2D eigenvalue weighted by atomic mass is 16.8. The number of hydrogen-bond acceptors (Lipinski definition) is 7. The number of para-hydroxylation sites is 1. The van der Waals surface area contributed by atoms with Gasteiger partial charge in [0.25, 0.3) is 5.91 Å². The van der Waals surface area contributed by atoms with Crippen molar-refractivity contribution < 1.29 is 28.8 Å². The Balaban J connectivity index is 1.43. The molecule has 9 heteroatoms. The van der Waals surface area contributed by atoms with E-state index in [1.54, 1.807) is 42.5 Å². The van der Waals surface area contributed by atoms with Gasteiger partial charge in [0.1, 0.15) is 17.8 Å². The average molecular weight is 536 g/mol. The van der Waals surface area contributed by atoms with Crippen LogP contribution in [0, 0.1) is 5.92 Å². The highest BCUT2D eigenvalue weighted by Gasteiger charge is 2.52. The van der Waals surface area contributed by atoms with E-state index in [9.17, 15) is 19.2 Å². The van der Waals surface area contributed by atoms with Crippen LogP contribution in [0.15, 0.2) is 54.6 Å². The van der Waals surface area contributed by atoms with Gasteiger partial charge in [-0.1, -0.05) is 65.0 Å². The van der Waals surface area contributed by atoms with Crippen LogP contribution in [-0.2, 0) is 19.8 Å². The van der Waals surface area contributed by atoms with Crippen molar-refractivity contribution in [1.29, 1.82) is 0 Å². The highest BCUT2D eigenvalue weighted by Crippen LogP contribution is 2.31. The lowest BCUT2D eigenvalue weighted by Gasteiger charge is -2.29. The summed E-state index contributed by atoms with van der Waals surface area (Å²) in [4.78, 5) is 59.0. The number of ether oxygens (including phenoxy) is 1. The van der Waals surface area contributed by atoms with Crippen LogP contribution in [0.4, 0.5) is 4.79 Å². The average Bonchev–Trinajstić information content (AvgIpc) is 3.44. The number of nitrogens with one attached hydrogen (secondary N) is 1. The minimum absolute atomic E-state index is 0.0405. The molecule has 0 aromatic heterocycles. The van der Waals surface area contributed by atoms with Gasteiger partial charge in [-0.25, -0.2) is 4.79 Å². The van der Waals surface area contributed by atoms with Crippen LogP contribution < -0.4 is 10.1 Å². The molecule has 2 heterocycles. The number of fused-ring (bicyclic) bond motifs is 1. The number of ketones is 1. The second-order valence-electron chi connectivity index (χ2n) is 11.6. The Morgan fingerprint density at radius 1 is 1.03 bits per heavy atom. The fourth-order valence-electron chi connectivity index (χ4n) is 5.13. The molecule has 39 heavy (non-hydrogen) atoms. The molecule has 1 N–H and O–H groups in total. The molecule has 2 aromatic carbocycles. The van der Waals surface area contributed by atoms with Crippen molar-refractivity contribution in [2.75, 3.05) is 13.1 Å². The van der Waals surface area contributed by atoms with Gasteiger partial charge < -0.3 is 19.8 Å². The first kappa shape index (κ1) is 28.3. The van der Waals surface area contributed by atoms with Gasteiger partial charge in [-0.3, -0.25) is 14.4 Å². The van der Waals surface area contributed by atoms with Crippen LogP contribution in [0.2, 0.25) is 0 Å². The van der Waals surface area contributed by atoms with Crippen molar-refractivity contribution in [2.24, 2.45) is 5.92 Å². The van der Waals surface area contributed by atoms with Crippen molar-refractivity contribution >= 4 is 23.8 Å². The topological polar surface area (TPSA) is 105 Å². The number of hydroxylamine groups is 2. The Kier molecular flexibility index (Phi) is 8.39. The minimum atomic E-state index is -0.943. The first-order valence-corrected chi connectivity index (χ1v) is 13.4. The molecule has 0 radical (unpaired) electrons. The number of nitrogens with zero attached hydrogens (tertiary/aromatic N) is 2. The first-order chi connectivity index (χ1) is 18.4. The lowest BCUT2D eigenvalue weighted by molar-refractivity contribution is -0.138. The number of rotatable bonds is 7. The standard InChI is InChI=1S/C30H37N3O6/c1-19(2)17-23(31-27(35)20-11-13-21(14-12-20)30(3,4)5)28(36)32-16-15-24-26(32)25(34)18-33(24)39-29(37)38-22-9-7-6-8-10-22/h6-14,19,23-24,26H,15-18H2,1-5H3,(H,31,35). The number of benzene rings is 2. The van der Waals surface area contributed by atoms with Crippen molar-refractivity contribution in [3.8, 4) is 5.75 Å². The highest BCUT2D eigenvalue weighted by molar-refractivity contribution is 5.99. The zero-order chi connectivity index (χ0) is 28.3. The van der Waals surface area contributed by atoms with E-state index >= 15 is 0 Å². The monoisotopic (exact) mass is 535 g/mol. The third-order valence-electron chi connectivity index (χ3n) is 7.12. The Morgan fingerprint density at radius 3 is 2.31 bits per heavy atom. The molecular weight excluding hydrogens is 498 g/mol. The number of likely N-dealkylation sites (tertiary alicyclic amines) is 1. The van der Waals surface area contributed by atoms with Crippen LogP contribution >= 0.6 is 0 Å². The van der Waals surface area contributed by atoms with Gasteiger partial charge in [0.2, 0.25) is 5.91 Å². The summed E-state index contributed by atoms with van der Waals surface area (Å²) in [5.74, 6) is -0.402. The largest absolute Gasteiger partial charge is 0.533 e. The van der Waals surface area contributed by atoms with Crippen LogP contribution in [-0.4, -0.2) is 64.9 Å². The van der Waals surface area contributed by atoms with E-state index in [1.165, 1.54) is 9.96 Å². The second-order valence-corrected chi connectivity index (χ2v) is 11.6. The lowest BCUT2D eigenvalue weighted by atomic mass is 9.86.